The predicted octanol–water partition coefficient (Wildman–Crippen LogP) is 4.91. The smallest absolute Gasteiger partial charge is 0.261 e. The van der Waals surface area contributed by atoms with Crippen LogP contribution in [0.4, 0.5) is 15.8 Å². The fourth-order valence-corrected chi connectivity index (χ4v) is 4.98. The van der Waals surface area contributed by atoms with Crippen LogP contribution in [0.5, 0.6) is 0 Å². The summed E-state index contributed by atoms with van der Waals surface area (Å²) < 4.78 is 41.9. The molecule has 1 fully saturated rings. The predicted molar refractivity (Wildman–Crippen MR) is 127 cm³/mol. The van der Waals surface area contributed by atoms with Crippen molar-refractivity contribution in [2.45, 2.75) is 43.2 Å². The maximum Gasteiger partial charge on any atom is 0.261 e. The molecule has 0 heterocycles. The van der Waals surface area contributed by atoms with Gasteiger partial charge in [0.15, 0.2) is 0 Å². The van der Waals surface area contributed by atoms with Crippen molar-refractivity contribution in [1.82, 2.24) is 5.32 Å². The van der Waals surface area contributed by atoms with E-state index in [4.69, 9.17) is 0 Å². The second-order valence-electron chi connectivity index (χ2n) is 8.15. The van der Waals surface area contributed by atoms with Crippen LogP contribution in [0, 0.1) is 5.82 Å². The first-order valence-corrected chi connectivity index (χ1v) is 12.4. The number of hydrogen-bond acceptors (Lipinski definition) is 4. The summed E-state index contributed by atoms with van der Waals surface area (Å²) in [5.74, 6) is -0.631. The van der Waals surface area contributed by atoms with Gasteiger partial charge in [0.1, 0.15) is 5.82 Å². The van der Waals surface area contributed by atoms with E-state index >= 15 is 0 Å². The Hall–Kier alpha value is -3.39. The zero-order chi connectivity index (χ0) is 23.3. The van der Waals surface area contributed by atoms with E-state index in [1.165, 1.54) is 24.3 Å². The van der Waals surface area contributed by atoms with Gasteiger partial charge >= 0.3 is 0 Å². The zero-order valence-corrected chi connectivity index (χ0v) is 18.9. The van der Waals surface area contributed by atoms with Crippen molar-refractivity contribution in [3.05, 3.63) is 89.7 Å². The molecule has 3 N–H and O–H groups in total. The number of halogens is 1. The molecule has 0 radical (unpaired) electrons. The average Bonchev–Trinajstić information content (AvgIpc) is 3.32. The summed E-state index contributed by atoms with van der Waals surface area (Å²) in [5, 5.41) is 6.16. The molecule has 0 bridgehead atoms. The Morgan fingerprint density at radius 2 is 1.61 bits per heavy atom. The van der Waals surface area contributed by atoms with Gasteiger partial charge in [0.2, 0.25) is 0 Å². The summed E-state index contributed by atoms with van der Waals surface area (Å²) in [5.41, 5.74) is 1.99. The minimum Gasteiger partial charge on any atom is -0.381 e. The average molecular weight is 468 g/mol. The van der Waals surface area contributed by atoms with Gasteiger partial charge in [-0.2, -0.15) is 0 Å². The second-order valence-corrected chi connectivity index (χ2v) is 9.83. The van der Waals surface area contributed by atoms with E-state index in [0.717, 1.165) is 31.2 Å². The van der Waals surface area contributed by atoms with Crippen LogP contribution in [-0.4, -0.2) is 20.4 Å². The summed E-state index contributed by atoms with van der Waals surface area (Å²) in [4.78, 5) is 12.9. The Morgan fingerprint density at radius 1 is 0.909 bits per heavy atom. The fraction of sp³-hybridized carbons (Fsp3) is 0.240. The summed E-state index contributed by atoms with van der Waals surface area (Å²) in [6.07, 6.45) is 4.00. The lowest BCUT2D eigenvalue weighted by molar-refractivity contribution is 0.0937. The topological polar surface area (TPSA) is 87.3 Å². The Labute approximate surface area is 193 Å². The first-order valence-electron chi connectivity index (χ1n) is 10.9. The van der Waals surface area contributed by atoms with Gasteiger partial charge in [-0.1, -0.05) is 43.2 Å². The minimum absolute atomic E-state index is 0.0213. The molecular weight excluding hydrogens is 441 g/mol. The third kappa shape index (κ3) is 6.10. The lowest BCUT2D eigenvalue weighted by atomic mass is 10.1. The van der Waals surface area contributed by atoms with E-state index in [1.54, 1.807) is 48.5 Å². The molecule has 0 aliphatic heterocycles. The number of benzene rings is 3. The highest BCUT2D eigenvalue weighted by atomic mass is 32.2. The first kappa shape index (κ1) is 22.8. The molecule has 1 aliphatic carbocycles. The normalized spacial score (nSPS) is 14.1. The van der Waals surface area contributed by atoms with Crippen LogP contribution in [0.25, 0.3) is 0 Å². The van der Waals surface area contributed by atoms with E-state index in [1.807, 2.05) is 0 Å². The maximum atomic E-state index is 13.2. The number of sulfonamides is 1. The Balaban J connectivity index is 1.61. The van der Waals surface area contributed by atoms with Gasteiger partial charge in [0, 0.05) is 29.5 Å². The molecule has 3 aromatic rings. The lowest BCUT2D eigenvalue weighted by Gasteiger charge is -2.16. The van der Waals surface area contributed by atoms with Crippen LogP contribution < -0.4 is 15.4 Å². The van der Waals surface area contributed by atoms with Gasteiger partial charge in [-0.15, -0.1) is 0 Å². The van der Waals surface area contributed by atoms with E-state index < -0.39 is 10.0 Å². The van der Waals surface area contributed by atoms with Crippen LogP contribution in [0.3, 0.4) is 0 Å². The molecule has 4 rings (SSSR count). The van der Waals surface area contributed by atoms with Gasteiger partial charge in [-0.3, -0.25) is 9.52 Å². The quantitative estimate of drug-likeness (QED) is 0.439. The van der Waals surface area contributed by atoms with Crippen LogP contribution in [0.2, 0.25) is 0 Å². The molecule has 0 unspecified atom stereocenters. The van der Waals surface area contributed by atoms with E-state index in [0.29, 0.717) is 17.9 Å². The number of carbonyl (C=O) groups is 1. The molecule has 33 heavy (non-hydrogen) atoms. The molecule has 8 heteroatoms. The van der Waals surface area contributed by atoms with Crippen LogP contribution in [0.15, 0.2) is 77.7 Å². The summed E-state index contributed by atoms with van der Waals surface area (Å²) in [6, 6.07) is 19.2. The van der Waals surface area contributed by atoms with Gasteiger partial charge in [0.25, 0.3) is 15.9 Å². The SMILES string of the molecule is O=C(NC1CCCC1)c1cc(NCc2ccc(F)cc2)cc(S(=O)(=O)Nc2ccccc2)c1. The van der Waals surface area contributed by atoms with E-state index in [-0.39, 0.29) is 28.2 Å². The number of hydrogen-bond donors (Lipinski definition) is 3. The molecule has 0 spiro atoms. The third-order valence-electron chi connectivity index (χ3n) is 5.61. The van der Waals surface area contributed by atoms with Crippen molar-refractivity contribution >= 4 is 27.3 Å². The standard InChI is InChI=1S/C25H26FN3O3S/c26-20-12-10-18(11-13-20)17-27-23-14-19(25(30)28-21-6-4-5-7-21)15-24(16-23)33(31,32)29-22-8-2-1-3-9-22/h1-3,8-16,21,27,29H,4-7,17H2,(H,28,30). The molecule has 1 aliphatic rings. The van der Waals surface area contributed by atoms with E-state index in [9.17, 15) is 17.6 Å². The van der Waals surface area contributed by atoms with Gasteiger partial charge < -0.3 is 10.6 Å². The van der Waals surface area contributed by atoms with Crippen LogP contribution in [-0.2, 0) is 16.6 Å². The van der Waals surface area contributed by atoms with Crippen molar-refractivity contribution in [2.75, 3.05) is 10.0 Å². The van der Waals surface area contributed by atoms with Gasteiger partial charge in [0.05, 0.1) is 4.90 Å². The molecule has 1 amide bonds. The van der Waals surface area contributed by atoms with Gasteiger partial charge in [-0.05, 0) is 60.9 Å². The van der Waals surface area contributed by atoms with Crippen molar-refractivity contribution < 1.29 is 17.6 Å². The monoisotopic (exact) mass is 467 g/mol. The third-order valence-corrected chi connectivity index (χ3v) is 6.97. The second kappa shape index (κ2) is 10.0. The summed E-state index contributed by atoms with van der Waals surface area (Å²) in [7, 11) is -3.93. The fourth-order valence-electron chi connectivity index (χ4n) is 3.85. The highest BCUT2D eigenvalue weighted by molar-refractivity contribution is 7.92. The highest BCUT2D eigenvalue weighted by Gasteiger charge is 2.21. The maximum absolute atomic E-state index is 13.2. The summed E-state index contributed by atoms with van der Waals surface area (Å²) >= 11 is 0. The number of nitrogens with one attached hydrogen (secondary N) is 3. The van der Waals surface area contributed by atoms with Crippen molar-refractivity contribution in [3.8, 4) is 0 Å². The zero-order valence-electron chi connectivity index (χ0n) is 18.1. The number of amides is 1. The highest BCUT2D eigenvalue weighted by Crippen LogP contribution is 2.24. The molecule has 172 valence electrons. The molecule has 0 aromatic heterocycles. The Bertz CT molecular complexity index is 1210. The molecular formula is C25H26FN3O3S. The molecule has 1 saturated carbocycles. The molecule has 6 nitrogen and oxygen atoms in total. The molecule has 0 atom stereocenters. The first-order chi connectivity index (χ1) is 15.9. The van der Waals surface area contributed by atoms with Crippen molar-refractivity contribution in [2.24, 2.45) is 0 Å². The molecule has 3 aromatic carbocycles. The Kier molecular flexibility index (Phi) is 6.93. The molecule has 0 saturated heterocycles. The van der Waals surface area contributed by atoms with Crippen molar-refractivity contribution in [3.63, 3.8) is 0 Å². The van der Waals surface area contributed by atoms with Crippen molar-refractivity contribution in [1.29, 1.82) is 0 Å². The van der Waals surface area contributed by atoms with Gasteiger partial charge in [-0.25, -0.2) is 12.8 Å². The van der Waals surface area contributed by atoms with Crippen LogP contribution in [0.1, 0.15) is 41.6 Å². The minimum atomic E-state index is -3.93. The lowest BCUT2D eigenvalue weighted by Crippen LogP contribution is -2.32. The Morgan fingerprint density at radius 3 is 2.30 bits per heavy atom. The number of rotatable bonds is 8. The van der Waals surface area contributed by atoms with Crippen LogP contribution >= 0.6 is 0 Å². The number of carbonyl (C=O) groups excluding carboxylic acids is 1. The summed E-state index contributed by atoms with van der Waals surface area (Å²) in [6.45, 7) is 0.347. The number of anilines is 2. The van der Waals surface area contributed by atoms with E-state index in [2.05, 4.69) is 15.4 Å². The number of para-hydroxylation sites is 1. The largest absolute Gasteiger partial charge is 0.381 e.